The van der Waals surface area contributed by atoms with Gasteiger partial charge in [0.1, 0.15) is 11.5 Å². The minimum atomic E-state index is -3.63. The Balaban J connectivity index is 2.10. The fourth-order valence-electron chi connectivity index (χ4n) is 2.42. The topological polar surface area (TPSA) is 93.9 Å². The van der Waals surface area contributed by atoms with Crippen LogP contribution in [0.5, 0.6) is 11.5 Å². The molecule has 8 heteroatoms. The summed E-state index contributed by atoms with van der Waals surface area (Å²) in [5.41, 5.74) is 0.826. The molecule has 3 N–H and O–H groups in total. The molecule has 0 bridgehead atoms. The molecule has 1 aromatic rings. The summed E-state index contributed by atoms with van der Waals surface area (Å²) in [5, 5.41) is 8.50. The first-order valence-electron chi connectivity index (χ1n) is 6.70. The summed E-state index contributed by atoms with van der Waals surface area (Å²) < 4.78 is 34.6. The molecule has 1 fully saturated rings. The van der Waals surface area contributed by atoms with Gasteiger partial charge in [-0.15, -0.1) is 0 Å². The molecule has 0 amide bonds. The highest BCUT2D eigenvalue weighted by atomic mass is 32.2. The second-order valence-corrected chi connectivity index (χ2v) is 6.53. The Hall–Kier alpha value is -1.51. The van der Waals surface area contributed by atoms with Gasteiger partial charge in [-0.05, 0) is 12.8 Å². The molecular weight excluding hydrogens is 294 g/mol. The molecule has 0 saturated carbocycles. The van der Waals surface area contributed by atoms with E-state index >= 15 is 0 Å². The third-order valence-electron chi connectivity index (χ3n) is 3.47. The van der Waals surface area contributed by atoms with E-state index in [2.05, 4.69) is 5.32 Å². The highest BCUT2D eigenvalue weighted by Crippen LogP contribution is 2.27. The van der Waals surface area contributed by atoms with E-state index in [1.54, 1.807) is 20.3 Å². The molecule has 7 nitrogen and oxygen atoms in total. The van der Waals surface area contributed by atoms with E-state index in [4.69, 9.17) is 14.6 Å². The van der Waals surface area contributed by atoms with Crippen molar-refractivity contribution in [2.45, 2.75) is 18.9 Å². The van der Waals surface area contributed by atoms with Crippen LogP contribution in [0, 0.1) is 0 Å². The predicted octanol–water partition coefficient (Wildman–Crippen LogP) is 0.784. The van der Waals surface area contributed by atoms with Gasteiger partial charge in [-0.3, -0.25) is 0 Å². The average molecular weight is 315 g/mol. The van der Waals surface area contributed by atoms with Crippen molar-refractivity contribution in [3.8, 4) is 11.5 Å². The first-order chi connectivity index (χ1) is 9.92. The van der Waals surface area contributed by atoms with Gasteiger partial charge in [0.2, 0.25) is 0 Å². The molecule has 1 aromatic carbocycles. The molecule has 21 heavy (non-hydrogen) atoms. The lowest BCUT2D eigenvalue weighted by Crippen LogP contribution is -2.47. The van der Waals surface area contributed by atoms with Gasteiger partial charge in [0.25, 0.3) is 10.2 Å². The third-order valence-corrected chi connectivity index (χ3v) is 4.52. The van der Waals surface area contributed by atoms with Gasteiger partial charge in [-0.25, -0.2) is 5.14 Å². The van der Waals surface area contributed by atoms with E-state index in [0.29, 0.717) is 24.6 Å². The lowest BCUT2D eigenvalue weighted by Gasteiger charge is -2.31. The number of hydrogen-bond acceptors (Lipinski definition) is 5. The molecule has 0 radical (unpaired) electrons. The fourth-order valence-corrected chi connectivity index (χ4v) is 3.19. The van der Waals surface area contributed by atoms with Crippen LogP contribution in [0.15, 0.2) is 18.2 Å². The summed E-state index contributed by atoms with van der Waals surface area (Å²) >= 11 is 0. The number of ether oxygens (including phenoxy) is 2. The molecule has 2 rings (SSSR count). The van der Waals surface area contributed by atoms with Crippen molar-refractivity contribution in [3.05, 3.63) is 18.2 Å². The zero-order valence-corrected chi connectivity index (χ0v) is 13.0. The standard InChI is InChI=1S/C13H21N3O4S/c1-19-12-6-11(7-13(8-12)20-2)15-10-4-3-5-16(9-10)21(14,17)18/h6-8,10,15H,3-5,9H2,1-2H3,(H2,14,17,18)/t10-/m0/s1. The van der Waals surface area contributed by atoms with E-state index in [0.717, 1.165) is 18.5 Å². The van der Waals surface area contributed by atoms with Crippen molar-refractivity contribution in [3.63, 3.8) is 0 Å². The molecule has 1 aliphatic rings. The van der Waals surface area contributed by atoms with Crippen LogP contribution in [0.2, 0.25) is 0 Å². The van der Waals surface area contributed by atoms with Crippen LogP contribution in [-0.4, -0.2) is 46.1 Å². The van der Waals surface area contributed by atoms with E-state index in [9.17, 15) is 8.42 Å². The van der Waals surface area contributed by atoms with Crippen LogP contribution in [0.4, 0.5) is 5.69 Å². The van der Waals surface area contributed by atoms with Crippen molar-refractivity contribution < 1.29 is 17.9 Å². The summed E-state index contributed by atoms with van der Waals surface area (Å²) in [6.45, 7) is 0.830. The van der Waals surface area contributed by atoms with Crippen LogP contribution in [0.1, 0.15) is 12.8 Å². The van der Waals surface area contributed by atoms with Crippen LogP contribution in [-0.2, 0) is 10.2 Å². The Bertz CT molecular complexity index is 569. The largest absolute Gasteiger partial charge is 0.497 e. The normalized spacial score (nSPS) is 20.0. The first kappa shape index (κ1) is 15.9. The minimum absolute atomic E-state index is 0.00823. The first-order valence-corrected chi connectivity index (χ1v) is 8.20. The van der Waals surface area contributed by atoms with Gasteiger partial charge >= 0.3 is 0 Å². The monoisotopic (exact) mass is 315 g/mol. The SMILES string of the molecule is COc1cc(N[C@H]2CCCN(S(N)(=O)=O)C2)cc(OC)c1. The highest BCUT2D eigenvalue weighted by molar-refractivity contribution is 7.86. The molecule has 0 aliphatic carbocycles. The molecule has 1 saturated heterocycles. The smallest absolute Gasteiger partial charge is 0.276 e. The van der Waals surface area contributed by atoms with Crippen LogP contribution < -0.4 is 19.9 Å². The summed E-state index contributed by atoms with van der Waals surface area (Å²) in [5.74, 6) is 1.35. The number of methoxy groups -OCH3 is 2. The number of nitrogens with two attached hydrogens (primary N) is 1. The van der Waals surface area contributed by atoms with Gasteiger partial charge in [0.15, 0.2) is 0 Å². The number of hydrogen-bond donors (Lipinski definition) is 2. The van der Waals surface area contributed by atoms with Gasteiger partial charge in [-0.2, -0.15) is 12.7 Å². The molecule has 0 unspecified atom stereocenters. The maximum absolute atomic E-state index is 11.4. The van der Waals surface area contributed by atoms with Crippen molar-refractivity contribution >= 4 is 15.9 Å². The van der Waals surface area contributed by atoms with Gasteiger partial charge in [0.05, 0.1) is 14.2 Å². The lowest BCUT2D eigenvalue weighted by atomic mass is 10.1. The molecular formula is C13H21N3O4S. The molecule has 118 valence electrons. The van der Waals surface area contributed by atoms with Crippen molar-refractivity contribution in [1.29, 1.82) is 0 Å². The Kier molecular flexibility index (Phi) is 4.92. The fraction of sp³-hybridized carbons (Fsp3) is 0.538. The number of benzene rings is 1. The van der Waals surface area contributed by atoms with E-state index in [-0.39, 0.29) is 6.04 Å². The Morgan fingerprint density at radius 1 is 1.24 bits per heavy atom. The number of anilines is 1. The van der Waals surface area contributed by atoms with Crippen molar-refractivity contribution in [2.24, 2.45) is 5.14 Å². The van der Waals surface area contributed by atoms with E-state index in [1.807, 2.05) is 12.1 Å². The highest BCUT2D eigenvalue weighted by Gasteiger charge is 2.26. The average Bonchev–Trinajstić information content (AvgIpc) is 2.46. The van der Waals surface area contributed by atoms with Crippen molar-refractivity contribution in [1.82, 2.24) is 4.31 Å². The van der Waals surface area contributed by atoms with Gasteiger partial charge in [0, 0.05) is 43.0 Å². The number of piperidine rings is 1. The quantitative estimate of drug-likeness (QED) is 0.837. The number of nitrogens with one attached hydrogen (secondary N) is 1. The van der Waals surface area contributed by atoms with Crippen LogP contribution in [0.25, 0.3) is 0 Å². The minimum Gasteiger partial charge on any atom is -0.497 e. The zero-order chi connectivity index (χ0) is 15.5. The maximum atomic E-state index is 11.4. The van der Waals surface area contributed by atoms with Gasteiger partial charge < -0.3 is 14.8 Å². The summed E-state index contributed by atoms with van der Waals surface area (Å²) in [4.78, 5) is 0. The molecule has 1 atom stereocenters. The second-order valence-electron chi connectivity index (χ2n) is 4.99. The molecule has 1 aliphatic heterocycles. The van der Waals surface area contributed by atoms with E-state index < -0.39 is 10.2 Å². The number of nitrogens with zero attached hydrogens (tertiary/aromatic N) is 1. The maximum Gasteiger partial charge on any atom is 0.276 e. The Labute approximate surface area is 125 Å². The summed E-state index contributed by atoms with van der Waals surface area (Å²) in [6.07, 6.45) is 1.65. The van der Waals surface area contributed by atoms with Crippen LogP contribution in [0.3, 0.4) is 0 Å². The summed E-state index contributed by atoms with van der Waals surface area (Å²) in [7, 11) is -0.462. The van der Waals surface area contributed by atoms with Gasteiger partial charge in [-0.1, -0.05) is 0 Å². The predicted molar refractivity (Wildman–Crippen MR) is 80.9 cm³/mol. The number of rotatable bonds is 5. The summed E-state index contributed by atoms with van der Waals surface area (Å²) in [6, 6.07) is 5.48. The zero-order valence-electron chi connectivity index (χ0n) is 12.2. The third kappa shape index (κ3) is 4.23. The second kappa shape index (κ2) is 6.50. The Morgan fingerprint density at radius 3 is 2.38 bits per heavy atom. The lowest BCUT2D eigenvalue weighted by molar-refractivity contribution is 0.327. The molecule has 0 aromatic heterocycles. The van der Waals surface area contributed by atoms with E-state index in [1.165, 1.54) is 4.31 Å². The van der Waals surface area contributed by atoms with Crippen LogP contribution >= 0.6 is 0 Å². The molecule has 1 heterocycles. The Morgan fingerprint density at radius 2 is 1.86 bits per heavy atom. The molecule has 0 spiro atoms. The van der Waals surface area contributed by atoms with Crippen molar-refractivity contribution in [2.75, 3.05) is 32.6 Å².